The molecule has 0 atom stereocenters. The molecule has 4 nitrogen and oxygen atoms in total. The van der Waals surface area contributed by atoms with Gasteiger partial charge in [0.2, 0.25) is 5.91 Å². The van der Waals surface area contributed by atoms with Crippen molar-refractivity contribution in [2.24, 2.45) is 0 Å². The molecule has 1 aromatic rings. The van der Waals surface area contributed by atoms with E-state index < -0.39 is 0 Å². The van der Waals surface area contributed by atoms with Gasteiger partial charge >= 0.3 is 0 Å². The second-order valence-electron chi connectivity index (χ2n) is 6.80. The van der Waals surface area contributed by atoms with Gasteiger partial charge in [-0.05, 0) is 75.3 Å². The van der Waals surface area contributed by atoms with Crippen molar-refractivity contribution in [1.82, 2.24) is 10.2 Å². The maximum absolute atomic E-state index is 12.4. The van der Waals surface area contributed by atoms with Crippen molar-refractivity contribution in [3.63, 3.8) is 0 Å². The van der Waals surface area contributed by atoms with Crippen molar-refractivity contribution in [3.05, 3.63) is 65.5 Å². The van der Waals surface area contributed by atoms with Gasteiger partial charge in [0.25, 0.3) is 0 Å². The number of nitrogens with one attached hydrogen (secondary N) is 2. The van der Waals surface area contributed by atoms with Crippen LogP contribution in [-0.2, 0) is 11.3 Å². The number of carbonyl (C=O) groups excluding carboxylic acids is 1. The number of hydrogen-bond donors (Lipinski definition) is 2. The Labute approximate surface area is 165 Å². The van der Waals surface area contributed by atoms with E-state index in [1.54, 1.807) is 0 Å². The summed E-state index contributed by atoms with van der Waals surface area (Å²) in [6.07, 6.45) is 11.3. The zero-order valence-corrected chi connectivity index (χ0v) is 17.5. The molecule has 1 aromatic carbocycles. The van der Waals surface area contributed by atoms with Crippen LogP contribution in [0.25, 0.3) is 0 Å². The topological polar surface area (TPSA) is 44.4 Å². The Morgan fingerprint density at radius 1 is 1.15 bits per heavy atom. The summed E-state index contributed by atoms with van der Waals surface area (Å²) < 4.78 is 0. The van der Waals surface area contributed by atoms with E-state index in [0.717, 1.165) is 25.1 Å². The van der Waals surface area contributed by atoms with Gasteiger partial charge in [0.15, 0.2) is 0 Å². The SMILES string of the molecule is C/C=C(CC)/C(=C\N/C=C/CC)CCC(=O)Nc1cccc(CN(C)C)c1. The Balaban J connectivity index is 2.69. The largest absolute Gasteiger partial charge is 0.368 e. The number of carbonyl (C=O) groups is 1. The fourth-order valence-electron chi connectivity index (χ4n) is 2.86. The molecule has 148 valence electrons. The molecule has 4 heteroatoms. The van der Waals surface area contributed by atoms with E-state index in [9.17, 15) is 4.79 Å². The number of hydrogen-bond acceptors (Lipinski definition) is 3. The van der Waals surface area contributed by atoms with Crippen molar-refractivity contribution in [2.45, 2.75) is 53.0 Å². The van der Waals surface area contributed by atoms with Crippen LogP contribution < -0.4 is 10.6 Å². The van der Waals surface area contributed by atoms with E-state index >= 15 is 0 Å². The van der Waals surface area contributed by atoms with E-state index in [4.69, 9.17) is 0 Å². The number of anilines is 1. The zero-order valence-electron chi connectivity index (χ0n) is 17.5. The van der Waals surface area contributed by atoms with Crippen LogP contribution in [0.1, 0.15) is 52.0 Å². The first-order valence-corrected chi connectivity index (χ1v) is 9.79. The fourth-order valence-corrected chi connectivity index (χ4v) is 2.86. The number of amides is 1. The van der Waals surface area contributed by atoms with Gasteiger partial charge in [-0.25, -0.2) is 0 Å². The number of benzene rings is 1. The second kappa shape index (κ2) is 12.9. The summed E-state index contributed by atoms with van der Waals surface area (Å²) in [6, 6.07) is 8.04. The lowest BCUT2D eigenvalue weighted by molar-refractivity contribution is -0.116. The van der Waals surface area contributed by atoms with Gasteiger partial charge in [0, 0.05) is 24.9 Å². The third-order valence-electron chi connectivity index (χ3n) is 4.18. The lowest BCUT2D eigenvalue weighted by Gasteiger charge is -2.13. The van der Waals surface area contributed by atoms with Crippen molar-refractivity contribution < 1.29 is 4.79 Å². The van der Waals surface area contributed by atoms with Crippen LogP contribution in [0.5, 0.6) is 0 Å². The molecule has 0 fully saturated rings. The molecule has 0 bridgehead atoms. The van der Waals surface area contributed by atoms with Crippen LogP contribution in [0.4, 0.5) is 5.69 Å². The predicted molar refractivity (Wildman–Crippen MR) is 116 cm³/mol. The Morgan fingerprint density at radius 3 is 2.56 bits per heavy atom. The highest BCUT2D eigenvalue weighted by atomic mass is 16.1. The van der Waals surface area contributed by atoms with E-state index in [-0.39, 0.29) is 5.91 Å². The standard InChI is InChI=1S/C23H35N3O/c1-6-9-15-24-17-21(20(7-2)8-3)13-14-23(27)25-22-12-10-11-19(16-22)18-26(4)5/h7,9-12,15-17,24H,6,8,13-14,18H2,1-5H3,(H,25,27)/b15-9+,20-7+,21-17-. The molecule has 1 rings (SSSR count). The minimum Gasteiger partial charge on any atom is -0.368 e. The maximum Gasteiger partial charge on any atom is 0.224 e. The van der Waals surface area contributed by atoms with Gasteiger partial charge in [-0.1, -0.05) is 38.1 Å². The van der Waals surface area contributed by atoms with Crippen LogP contribution in [0, 0.1) is 0 Å². The van der Waals surface area contributed by atoms with E-state index in [1.165, 1.54) is 16.7 Å². The normalized spacial score (nSPS) is 12.7. The Hall–Kier alpha value is -2.33. The average molecular weight is 370 g/mol. The smallest absolute Gasteiger partial charge is 0.224 e. The fraction of sp³-hybridized carbons (Fsp3) is 0.435. The monoisotopic (exact) mass is 369 g/mol. The van der Waals surface area contributed by atoms with Crippen molar-refractivity contribution in [1.29, 1.82) is 0 Å². The highest BCUT2D eigenvalue weighted by Crippen LogP contribution is 2.19. The summed E-state index contributed by atoms with van der Waals surface area (Å²) in [6.45, 7) is 7.14. The minimum absolute atomic E-state index is 0.0403. The lowest BCUT2D eigenvalue weighted by Crippen LogP contribution is -2.14. The minimum atomic E-state index is 0.0403. The molecular weight excluding hydrogens is 334 g/mol. The van der Waals surface area contributed by atoms with Gasteiger partial charge < -0.3 is 15.5 Å². The van der Waals surface area contributed by atoms with Crippen LogP contribution in [-0.4, -0.2) is 24.9 Å². The van der Waals surface area contributed by atoms with E-state index in [2.05, 4.69) is 47.6 Å². The first-order valence-electron chi connectivity index (χ1n) is 9.79. The Kier molecular flexibility index (Phi) is 10.9. The molecule has 0 spiro atoms. The highest BCUT2D eigenvalue weighted by molar-refractivity contribution is 5.90. The number of allylic oxidation sites excluding steroid dienone is 4. The molecule has 0 aliphatic rings. The van der Waals surface area contributed by atoms with Crippen LogP contribution >= 0.6 is 0 Å². The molecule has 0 aromatic heterocycles. The van der Waals surface area contributed by atoms with Gasteiger partial charge in [0.05, 0.1) is 0 Å². The van der Waals surface area contributed by atoms with Crippen LogP contribution in [0.15, 0.2) is 60.0 Å². The molecule has 27 heavy (non-hydrogen) atoms. The summed E-state index contributed by atoms with van der Waals surface area (Å²) in [5.41, 5.74) is 4.49. The molecule has 0 unspecified atom stereocenters. The molecule has 0 aliphatic carbocycles. The van der Waals surface area contributed by atoms with Crippen molar-refractivity contribution >= 4 is 11.6 Å². The second-order valence-corrected chi connectivity index (χ2v) is 6.80. The van der Waals surface area contributed by atoms with Crippen molar-refractivity contribution in [2.75, 3.05) is 19.4 Å². The van der Waals surface area contributed by atoms with E-state index in [0.29, 0.717) is 12.8 Å². The predicted octanol–water partition coefficient (Wildman–Crippen LogP) is 5.22. The van der Waals surface area contributed by atoms with Gasteiger partial charge in [0.1, 0.15) is 0 Å². The quantitative estimate of drug-likeness (QED) is 0.526. The van der Waals surface area contributed by atoms with Crippen LogP contribution in [0.2, 0.25) is 0 Å². The summed E-state index contributed by atoms with van der Waals surface area (Å²) in [5, 5.41) is 6.24. The van der Waals surface area contributed by atoms with E-state index in [1.807, 2.05) is 51.6 Å². The zero-order chi connectivity index (χ0) is 20.1. The van der Waals surface area contributed by atoms with Gasteiger partial charge in [-0.15, -0.1) is 0 Å². The highest BCUT2D eigenvalue weighted by Gasteiger charge is 2.08. The number of nitrogens with zero attached hydrogens (tertiary/aromatic N) is 1. The number of rotatable bonds is 11. The summed E-state index contributed by atoms with van der Waals surface area (Å²) >= 11 is 0. The molecule has 0 radical (unpaired) electrons. The van der Waals surface area contributed by atoms with Gasteiger partial charge in [-0.2, -0.15) is 0 Å². The Bertz CT molecular complexity index is 672. The summed E-state index contributed by atoms with van der Waals surface area (Å²) in [7, 11) is 4.07. The molecule has 0 aliphatic heterocycles. The average Bonchev–Trinajstić information content (AvgIpc) is 2.63. The van der Waals surface area contributed by atoms with Crippen molar-refractivity contribution in [3.8, 4) is 0 Å². The Morgan fingerprint density at radius 2 is 1.93 bits per heavy atom. The molecule has 0 saturated heterocycles. The molecule has 0 saturated carbocycles. The third kappa shape index (κ3) is 9.25. The summed E-state index contributed by atoms with van der Waals surface area (Å²) in [5.74, 6) is 0.0403. The summed E-state index contributed by atoms with van der Waals surface area (Å²) in [4.78, 5) is 14.5. The molecule has 2 N–H and O–H groups in total. The first kappa shape index (κ1) is 22.7. The van der Waals surface area contributed by atoms with Gasteiger partial charge in [-0.3, -0.25) is 4.79 Å². The lowest BCUT2D eigenvalue weighted by atomic mass is 9.99. The van der Waals surface area contributed by atoms with Crippen LogP contribution in [0.3, 0.4) is 0 Å². The molecule has 1 amide bonds. The first-order chi connectivity index (χ1) is 13.0. The molecule has 0 heterocycles. The third-order valence-corrected chi connectivity index (χ3v) is 4.18. The maximum atomic E-state index is 12.4. The molecular formula is C23H35N3O.